The van der Waals surface area contributed by atoms with Gasteiger partial charge in [0.15, 0.2) is 0 Å². The molecule has 0 aromatic heterocycles. The summed E-state index contributed by atoms with van der Waals surface area (Å²) in [6.45, 7) is 1.63. The molecule has 0 rings (SSSR count). The van der Waals surface area contributed by atoms with Gasteiger partial charge in [0, 0.05) is 0 Å². The van der Waals surface area contributed by atoms with Crippen LogP contribution >= 0.6 is 0 Å². The lowest BCUT2D eigenvalue weighted by atomic mass is 10.0. The number of terminal acetylenes is 1. The van der Waals surface area contributed by atoms with Gasteiger partial charge in [0.25, 0.3) is 0 Å². The van der Waals surface area contributed by atoms with E-state index >= 15 is 0 Å². The molecule has 0 saturated heterocycles. The summed E-state index contributed by atoms with van der Waals surface area (Å²) in [6.07, 6.45) is 0.0673. The first-order chi connectivity index (χ1) is 6.79. The van der Waals surface area contributed by atoms with Crippen molar-refractivity contribution in [2.45, 2.75) is 25.6 Å². The predicted molar refractivity (Wildman–Crippen MR) is 47.9 cm³/mol. The number of carbonyl (C=O) groups excluding carboxylic acids is 1. The van der Waals surface area contributed by atoms with Gasteiger partial charge in [-0.05, 0) is 13.8 Å². The Kier molecular flexibility index (Phi) is 4.62. The number of carbonyl (C=O) groups is 1. The molecular weight excluding hydrogens is 211 g/mol. The molecule has 1 unspecified atom stereocenters. The quantitative estimate of drug-likeness (QED) is 0.572. The molecule has 0 fully saturated rings. The highest BCUT2D eigenvalue weighted by Gasteiger charge is 2.57. The molecule has 15 heavy (non-hydrogen) atoms. The Labute approximate surface area is 86.0 Å². The van der Waals surface area contributed by atoms with Crippen LogP contribution in [0.3, 0.4) is 0 Å². The lowest BCUT2D eigenvalue weighted by Gasteiger charge is -2.29. The van der Waals surface area contributed by atoms with Crippen molar-refractivity contribution in [1.29, 1.82) is 0 Å². The zero-order valence-corrected chi connectivity index (χ0v) is 8.44. The lowest BCUT2D eigenvalue weighted by Crippen LogP contribution is -2.60. The van der Waals surface area contributed by atoms with Crippen molar-refractivity contribution >= 4 is 5.97 Å². The number of esters is 1. The minimum Gasteiger partial charge on any atom is -0.464 e. The van der Waals surface area contributed by atoms with Gasteiger partial charge in [0.1, 0.15) is 0 Å². The van der Waals surface area contributed by atoms with E-state index in [1.165, 1.54) is 6.92 Å². The van der Waals surface area contributed by atoms with Crippen molar-refractivity contribution in [3.05, 3.63) is 0 Å². The fraction of sp³-hybridized carbons (Fsp3) is 0.667. The lowest BCUT2D eigenvalue weighted by molar-refractivity contribution is -0.208. The first-order valence-corrected chi connectivity index (χ1v) is 4.22. The molecule has 0 spiro atoms. The fourth-order valence-electron chi connectivity index (χ4n) is 0.791. The molecule has 0 bridgehead atoms. The van der Waals surface area contributed by atoms with E-state index < -0.39 is 17.7 Å². The van der Waals surface area contributed by atoms with Crippen LogP contribution in [-0.4, -0.2) is 30.8 Å². The summed E-state index contributed by atoms with van der Waals surface area (Å²) in [5.41, 5.74) is -2.75. The molecule has 0 aromatic rings. The summed E-state index contributed by atoms with van der Waals surface area (Å²) in [7, 11) is 0. The van der Waals surface area contributed by atoms with E-state index in [0.717, 1.165) is 0 Å². The molecule has 0 aliphatic heterocycles. The van der Waals surface area contributed by atoms with Crippen LogP contribution in [0, 0.1) is 12.3 Å². The van der Waals surface area contributed by atoms with Gasteiger partial charge in [-0.1, -0.05) is 5.92 Å². The molecule has 3 nitrogen and oxygen atoms in total. The molecule has 1 N–H and O–H groups in total. The molecule has 6 heteroatoms. The molecule has 0 heterocycles. The van der Waals surface area contributed by atoms with E-state index in [4.69, 9.17) is 6.42 Å². The minimum atomic E-state index is -4.75. The zero-order chi connectivity index (χ0) is 12.1. The first kappa shape index (κ1) is 13.8. The smallest absolute Gasteiger partial charge is 0.417 e. The largest absolute Gasteiger partial charge is 0.464 e. The number of ether oxygens (including phenoxy) is 1. The summed E-state index contributed by atoms with van der Waals surface area (Å²) in [5, 5.41) is 1.93. The van der Waals surface area contributed by atoms with Gasteiger partial charge in [-0.2, -0.15) is 13.2 Å². The van der Waals surface area contributed by atoms with E-state index in [9.17, 15) is 18.0 Å². The van der Waals surface area contributed by atoms with E-state index in [2.05, 4.69) is 4.74 Å². The van der Waals surface area contributed by atoms with Crippen LogP contribution in [0.4, 0.5) is 13.2 Å². The molecule has 0 aliphatic carbocycles. The average Bonchev–Trinajstić information content (AvgIpc) is 2.12. The normalized spacial score (nSPS) is 15.2. The van der Waals surface area contributed by atoms with E-state index in [-0.39, 0.29) is 13.2 Å². The Balaban J connectivity index is 4.87. The third-order valence-corrected chi connectivity index (χ3v) is 1.79. The van der Waals surface area contributed by atoms with Crippen LogP contribution in [0.2, 0.25) is 0 Å². The van der Waals surface area contributed by atoms with E-state index in [1.807, 2.05) is 11.2 Å². The Bertz CT molecular complexity index is 270. The van der Waals surface area contributed by atoms with Crippen LogP contribution in [0.25, 0.3) is 0 Å². The Morgan fingerprint density at radius 3 is 2.40 bits per heavy atom. The van der Waals surface area contributed by atoms with Crippen LogP contribution in [0.1, 0.15) is 13.8 Å². The first-order valence-electron chi connectivity index (χ1n) is 4.22. The summed E-state index contributed by atoms with van der Waals surface area (Å²) in [6, 6.07) is 0. The number of hydrogen-bond acceptors (Lipinski definition) is 3. The van der Waals surface area contributed by atoms with Crippen molar-refractivity contribution in [2.75, 3.05) is 13.2 Å². The highest BCUT2D eigenvalue weighted by molar-refractivity contribution is 5.81. The third kappa shape index (κ3) is 3.13. The van der Waals surface area contributed by atoms with Crippen molar-refractivity contribution in [1.82, 2.24) is 5.32 Å². The predicted octanol–water partition coefficient (Wildman–Crippen LogP) is 1.09. The standard InChI is InChI=1S/C9H12F3NO2/c1-4-6-13-8(3,9(10,11)12)7(14)15-5-2/h1,13H,5-6H2,2-3H3. The summed E-state index contributed by atoms with van der Waals surface area (Å²) < 4.78 is 42.0. The van der Waals surface area contributed by atoms with E-state index in [1.54, 1.807) is 0 Å². The molecule has 1 atom stereocenters. The topological polar surface area (TPSA) is 38.3 Å². The van der Waals surface area contributed by atoms with Crippen molar-refractivity contribution in [3.8, 4) is 12.3 Å². The number of nitrogens with one attached hydrogen (secondary N) is 1. The highest BCUT2D eigenvalue weighted by Crippen LogP contribution is 2.31. The van der Waals surface area contributed by atoms with E-state index in [0.29, 0.717) is 6.92 Å². The Hall–Kier alpha value is -1.22. The summed E-state index contributed by atoms with van der Waals surface area (Å²) in [4.78, 5) is 11.1. The highest BCUT2D eigenvalue weighted by atomic mass is 19.4. The molecular formula is C9H12F3NO2. The molecule has 86 valence electrons. The monoisotopic (exact) mass is 223 g/mol. The molecule has 0 saturated carbocycles. The van der Waals surface area contributed by atoms with Gasteiger partial charge in [-0.25, -0.2) is 4.79 Å². The van der Waals surface area contributed by atoms with Crippen LogP contribution in [-0.2, 0) is 9.53 Å². The Morgan fingerprint density at radius 1 is 1.53 bits per heavy atom. The van der Waals surface area contributed by atoms with Gasteiger partial charge >= 0.3 is 12.1 Å². The summed E-state index contributed by atoms with van der Waals surface area (Å²) >= 11 is 0. The van der Waals surface area contributed by atoms with Crippen molar-refractivity contribution < 1.29 is 22.7 Å². The molecule has 0 radical (unpaired) electrons. The number of hydrogen-bond donors (Lipinski definition) is 1. The van der Waals surface area contributed by atoms with Gasteiger partial charge in [-0.3, -0.25) is 5.32 Å². The third-order valence-electron chi connectivity index (χ3n) is 1.79. The maximum Gasteiger partial charge on any atom is 0.417 e. The second-order valence-electron chi connectivity index (χ2n) is 2.90. The van der Waals surface area contributed by atoms with Gasteiger partial charge in [-0.15, -0.1) is 6.42 Å². The number of alkyl halides is 3. The van der Waals surface area contributed by atoms with Gasteiger partial charge in [0.05, 0.1) is 13.2 Å². The summed E-state index contributed by atoms with van der Waals surface area (Å²) in [5.74, 6) is 0.592. The minimum absolute atomic E-state index is 0.123. The maximum atomic E-state index is 12.6. The Morgan fingerprint density at radius 2 is 2.07 bits per heavy atom. The second-order valence-corrected chi connectivity index (χ2v) is 2.90. The maximum absolute atomic E-state index is 12.6. The molecule has 0 aromatic carbocycles. The van der Waals surface area contributed by atoms with Crippen LogP contribution in [0.15, 0.2) is 0 Å². The van der Waals surface area contributed by atoms with Gasteiger partial charge in [0.2, 0.25) is 5.54 Å². The van der Waals surface area contributed by atoms with Crippen LogP contribution in [0.5, 0.6) is 0 Å². The van der Waals surface area contributed by atoms with Gasteiger partial charge < -0.3 is 4.74 Å². The second kappa shape index (κ2) is 5.03. The fourth-order valence-corrected chi connectivity index (χ4v) is 0.791. The molecule has 0 aliphatic rings. The van der Waals surface area contributed by atoms with Crippen LogP contribution < -0.4 is 5.32 Å². The van der Waals surface area contributed by atoms with Crippen molar-refractivity contribution in [3.63, 3.8) is 0 Å². The van der Waals surface area contributed by atoms with Crippen molar-refractivity contribution in [2.24, 2.45) is 0 Å². The number of halogens is 3. The zero-order valence-electron chi connectivity index (χ0n) is 8.44. The number of rotatable bonds is 4. The molecule has 0 amide bonds. The SMILES string of the molecule is C#CCNC(C)(C(=O)OCC)C(F)(F)F. The average molecular weight is 223 g/mol.